The van der Waals surface area contributed by atoms with Crippen molar-refractivity contribution >= 4 is 17.1 Å². The van der Waals surface area contributed by atoms with E-state index in [1.54, 1.807) is 0 Å². The minimum absolute atomic E-state index is 0. The number of aliphatic hydroxyl groups is 1. The van der Waals surface area contributed by atoms with Crippen molar-refractivity contribution in [3.05, 3.63) is 46.6 Å². The molecule has 1 saturated heterocycles. The van der Waals surface area contributed by atoms with E-state index in [2.05, 4.69) is 31.3 Å². The number of ether oxygens (including phenoxy) is 6. The second kappa shape index (κ2) is 23.7. The van der Waals surface area contributed by atoms with Crippen molar-refractivity contribution in [1.29, 1.82) is 0 Å². The van der Waals surface area contributed by atoms with E-state index in [1.165, 1.54) is 29.7 Å². The molecule has 12 nitrogen and oxygen atoms in total. The number of hydrogen-bond acceptors (Lipinski definition) is 10. The lowest BCUT2D eigenvalue weighted by Gasteiger charge is -2.36. The molecule has 1 fully saturated rings. The zero-order valence-corrected chi connectivity index (χ0v) is 35.1. The van der Waals surface area contributed by atoms with Crippen LogP contribution in [0.4, 0.5) is 0 Å². The van der Waals surface area contributed by atoms with Crippen molar-refractivity contribution in [3.63, 3.8) is 0 Å². The third-order valence-electron chi connectivity index (χ3n) is 11.6. The van der Waals surface area contributed by atoms with E-state index in [9.17, 15) is 9.90 Å². The number of hydrogen-bond donors (Lipinski definition) is 1. The van der Waals surface area contributed by atoms with Crippen LogP contribution in [0, 0.1) is 10.8 Å². The first-order chi connectivity index (χ1) is 27.4. The molecule has 12 heteroatoms. The Bertz CT molecular complexity index is 1570. The molecule has 0 spiro atoms. The van der Waals surface area contributed by atoms with E-state index in [1.807, 2.05) is 34.6 Å². The first-order valence-corrected chi connectivity index (χ1v) is 21.6. The Kier molecular flexibility index (Phi) is 19.4. The summed E-state index contributed by atoms with van der Waals surface area (Å²) < 4.78 is 37.8. The summed E-state index contributed by atoms with van der Waals surface area (Å²) in [5.41, 5.74) is 6.13. The van der Waals surface area contributed by atoms with Crippen LogP contribution in [0.5, 0.6) is 0 Å². The fraction of sp³-hybridized carbons (Fsp3) is 0.756. The highest BCUT2D eigenvalue weighted by Gasteiger charge is 2.37. The lowest BCUT2D eigenvalue weighted by atomic mass is 9.75. The third kappa shape index (κ3) is 12.1. The predicted molar refractivity (Wildman–Crippen MR) is 224 cm³/mol. The number of imidazole rings is 2. The van der Waals surface area contributed by atoms with Crippen molar-refractivity contribution in [2.45, 2.75) is 139 Å². The van der Waals surface area contributed by atoms with Gasteiger partial charge >= 0.3 is 5.97 Å². The van der Waals surface area contributed by atoms with Gasteiger partial charge in [0.25, 0.3) is 0 Å². The molecule has 2 aromatic heterocycles. The Balaban J connectivity index is 0.000000222. The highest BCUT2D eigenvalue weighted by Crippen LogP contribution is 2.43. The molecule has 0 amide bonds. The zero-order chi connectivity index (χ0) is 39.8. The first-order valence-electron chi connectivity index (χ1n) is 21.6. The third-order valence-corrected chi connectivity index (χ3v) is 11.6. The summed E-state index contributed by atoms with van der Waals surface area (Å²) in [4.78, 5) is 21.7. The van der Waals surface area contributed by atoms with Gasteiger partial charge in [0, 0.05) is 76.4 Å². The Labute approximate surface area is 342 Å². The van der Waals surface area contributed by atoms with Gasteiger partial charge in [-0.15, -0.1) is 0 Å². The van der Waals surface area contributed by atoms with E-state index >= 15 is 0 Å². The van der Waals surface area contributed by atoms with Gasteiger partial charge in [0.2, 0.25) is 0 Å². The van der Waals surface area contributed by atoms with Crippen LogP contribution < -0.4 is 0 Å². The molecule has 5 heterocycles. The van der Waals surface area contributed by atoms with Crippen molar-refractivity contribution < 1.29 is 38.3 Å². The summed E-state index contributed by atoms with van der Waals surface area (Å²) in [6, 6.07) is 0. The maximum atomic E-state index is 12.5. The van der Waals surface area contributed by atoms with Gasteiger partial charge in [0.15, 0.2) is 5.69 Å². The average Bonchev–Trinajstić information content (AvgIpc) is 4.08. The van der Waals surface area contributed by atoms with E-state index < -0.39 is 0 Å². The van der Waals surface area contributed by atoms with Gasteiger partial charge in [-0.05, 0) is 110 Å². The molecule has 2 aromatic rings. The second-order valence-corrected chi connectivity index (χ2v) is 15.7. The van der Waals surface area contributed by atoms with Gasteiger partial charge < -0.3 is 42.7 Å². The number of rotatable bonds is 17. The van der Waals surface area contributed by atoms with Crippen molar-refractivity contribution in [2.24, 2.45) is 10.8 Å². The smallest absolute Gasteiger partial charge is 0.359 e. The van der Waals surface area contributed by atoms with Crippen molar-refractivity contribution in [2.75, 3.05) is 72.7 Å². The fourth-order valence-corrected chi connectivity index (χ4v) is 8.55. The Morgan fingerprint density at radius 3 is 1.56 bits per heavy atom. The number of esters is 1. The van der Waals surface area contributed by atoms with Crippen LogP contribution in [0.2, 0.25) is 0 Å². The number of aliphatic hydroxyl groups excluding tert-OH is 1. The van der Waals surface area contributed by atoms with Crippen LogP contribution in [-0.4, -0.2) is 103 Å². The molecule has 5 aliphatic rings. The van der Waals surface area contributed by atoms with E-state index in [-0.39, 0.29) is 30.8 Å². The zero-order valence-electron chi connectivity index (χ0n) is 35.1. The first kappa shape index (κ1) is 46.8. The monoisotopic (exact) mass is 799 g/mol. The van der Waals surface area contributed by atoms with Gasteiger partial charge in [-0.1, -0.05) is 19.6 Å². The van der Waals surface area contributed by atoms with Crippen molar-refractivity contribution in [1.82, 2.24) is 19.1 Å². The minimum Gasteiger partial charge on any atom is -0.461 e. The van der Waals surface area contributed by atoms with Crippen LogP contribution in [0.25, 0.3) is 11.1 Å². The molecule has 7 rings (SSSR count). The molecule has 2 aliphatic carbocycles. The van der Waals surface area contributed by atoms with Crippen LogP contribution >= 0.6 is 0 Å². The topological polar surface area (TPSA) is 128 Å². The lowest BCUT2D eigenvalue weighted by Crippen LogP contribution is -2.34. The Hall–Kier alpha value is -2.87. The summed E-state index contributed by atoms with van der Waals surface area (Å²) in [5, 5.41) is 9.70. The second-order valence-electron chi connectivity index (χ2n) is 15.7. The molecule has 57 heavy (non-hydrogen) atoms. The lowest BCUT2D eigenvalue weighted by molar-refractivity contribution is -0.0210. The minimum atomic E-state index is -0.309. The van der Waals surface area contributed by atoms with E-state index in [0.29, 0.717) is 38.7 Å². The number of allylic oxidation sites excluding steroid dienone is 4. The number of aryl methyl sites for hydroxylation is 2. The van der Waals surface area contributed by atoms with E-state index in [0.717, 1.165) is 140 Å². The molecule has 0 radical (unpaired) electrons. The molecule has 3 aliphatic heterocycles. The van der Waals surface area contributed by atoms with Crippen LogP contribution in [-0.2, 0) is 61.0 Å². The largest absolute Gasteiger partial charge is 0.461 e. The van der Waals surface area contributed by atoms with Crippen LogP contribution in [0.1, 0.15) is 145 Å². The number of fused-ring (bicyclic) bond motifs is 2. The molecule has 0 aromatic carbocycles. The molecule has 0 bridgehead atoms. The quantitative estimate of drug-likeness (QED) is 0.157. The highest BCUT2D eigenvalue weighted by atomic mass is 16.5. The van der Waals surface area contributed by atoms with Gasteiger partial charge in [0.1, 0.15) is 11.6 Å². The molecular formula is C45H74N4O8. The maximum Gasteiger partial charge on any atom is 0.359 e. The Morgan fingerprint density at radius 1 is 0.684 bits per heavy atom. The Morgan fingerprint density at radius 2 is 1.16 bits per heavy atom. The summed E-state index contributed by atoms with van der Waals surface area (Å²) in [6.45, 7) is 20.2. The molecule has 0 atom stereocenters. The molecule has 0 saturated carbocycles. The number of carbonyl (C=O) groups is 1. The van der Waals surface area contributed by atoms with Gasteiger partial charge in [0.05, 0.1) is 56.7 Å². The van der Waals surface area contributed by atoms with Gasteiger partial charge in [-0.3, -0.25) is 0 Å². The number of carbonyl (C=O) groups excluding carboxylic acids is 1. The fourth-order valence-electron chi connectivity index (χ4n) is 8.55. The SMILES string of the molecule is C.C1CCOC1.CCOCC1(COCC)CC=C(c2c(C(=O)OCC)nc3n2CCC3)CC1.CCOCC1(COCC)CC=C(c2c(CO)nc3n2CCC3)CC1. The van der Waals surface area contributed by atoms with Gasteiger partial charge in [-0.25, -0.2) is 14.8 Å². The average molecular weight is 799 g/mol. The number of aromatic nitrogens is 4. The predicted octanol–water partition coefficient (Wildman–Crippen LogP) is 8.01. The van der Waals surface area contributed by atoms with Crippen LogP contribution in [0.15, 0.2) is 12.2 Å². The summed E-state index contributed by atoms with van der Waals surface area (Å²) >= 11 is 0. The normalized spacial score (nSPS) is 18.9. The molecular weight excluding hydrogens is 725 g/mol. The van der Waals surface area contributed by atoms with Crippen LogP contribution in [0.3, 0.4) is 0 Å². The summed E-state index contributed by atoms with van der Waals surface area (Å²) in [6.07, 6.45) is 17.2. The number of nitrogens with zero attached hydrogens (tertiary/aromatic N) is 4. The molecule has 322 valence electrons. The summed E-state index contributed by atoms with van der Waals surface area (Å²) in [7, 11) is 0. The van der Waals surface area contributed by atoms with Gasteiger partial charge in [-0.2, -0.15) is 0 Å². The standard InChI is InChI=1S/C21H32N2O4.C19H30N2O3.C4H8O.CH4/c1-4-25-14-21(15-26-5-2)11-9-16(10-12-21)19-18(20(24)27-6-3)22-17-8-7-13-23(17)19;1-3-23-13-19(14-24-4-2)9-7-15(8-10-19)18-16(12-22)20-17-6-5-11-21(17)18;1-2-4-5-3-1;/h9H,4-8,10-15H2,1-3H3;7,22H,3-6,8-14H2,1-2H3;1-4H2;1H4. The molecule has 1 N–H and O–H groups in total. The van der Waals surface area contributed by atoms with E-state index in [4.69, 9.17) is 28.4 Å². The molecule has 0 unspecified atom stereocenters. The maximum absolute atomic E-state index is 12.5. The van der Waals surface area contributed by atoms with Crippen molar-refractivity contribution in [3.8, 4) is 0 Å². The highest BCUT2D eigenvalue weighted by molar-refractivity contribution is 5.93. The summed E-state index contributed by atoms with van der Waals surface area (Å²) in [5.74, 6) is 1.83.